The average molecular weight is 1320 g/mol. The van der Waals surface area contributed by atoms with Gasteiger partial charge < -0.3 is 89.8 Å². The van der Waals surface area contributed by atoms with Gasteiger partial charge in [0, 0.05) is 25.6 Å². The molecule has 0 saturated carbocycles. The maximum atomic E-state index is 15.3. The summed E-state index contributed by atoms with van der Waals surface area (Å²) in [5.74, 6) is -21.0. The molecule has 3 heterocycles. The third-order valence-electron chi connectivity index (χ3n) is 16.4. The number of carboxylic acid groups (broad SMARTS) is 3. The number of unbranched alkanes of at least 4 members (excludes halogenated alkanes) is 5. The first-order valence-electron chi connectivity index (χ1n) is 31.7. The van der Waals surface area contributed by atoms with Gasteiger partial charge in [-0.2, -0.15) is 0 Å². The van der Waals surface area contributed by atoms with Gasteiger partial charge in [0.2, 0.25) is 76.8 Å². The number of hydrogen-bond acceptors (Lipinski definition) is 17. The second-order valence-corrected chi connectivity index (χ2v) is 24.4. The quantitative estimate of drug-likeness (QED) is 0.0334. The van der Waals surface area contributed by atoms with Crippen molar-refractivity contribution in [1.82, 2.24) is 63.0 Å². The number of aliphatic carboxylic acids is 3. The van der Waals surface area contributed by atoms with E-state index in [4.69, 9.17) is 11.5 Å². The van der Waals surface area contributed by atoms with Crippen molar-refractivity contribution in [2.24, 2.45) is 29.2 Å². The van der Waals surface area contributed by atoms with Crippen LogP contribution in [0.4, 0.5) is 0 Å². The lowest BCUT2D eigenvalue weighted by Gasteiger charge is -2.39. The van der Waals surface area contributed by atoms with Crippen LogP contribution in [0.15, 0.2) is 12.2 Å². The second-order valence-electron chi connectivity index (χ2n) is 24.4. The molecule has 13 unspecified atom stereocenters. The first kappa shape index (κ1) is 78.5. The van der Waals surface area contributed by atoms with Crippen LogP contribution in [0.3, 0.4) is 0 Å². The van der Waals surface area contributed by atoms with Gasteiger partial charge in [-0.3, -0.25) is 76.7 Å². The summed E-state index contributed by atoms with van der Waals surface area (Å²) in [5.41, 5.74) is 11.7. The highest BCUT2D eigenvalue weighted by atomic mass is 16.4. The molecule has 0 aromatic rings. The van der Waals surface area contributed by atoms with Crippen molar-refractivity contribution in [3.63, 3.8) is 0 Å². The summed E-state index contributed by atoms with van der Waals surface area (Å²) in [6.07, 6.45) is 8.90. The molecule has 13 atom stereocenters. The summed E-state index contributed by atoms with van der Waals surface area (Å²) in [5, 5.41) is 52.6. The zero-order valence-electron chi connectivity index (χ0n) is 54.0. The van der Waals surface area contributed by atoms with Crippen LogP contribution < -0.4 is 64.6 Å². The predicted molar refractivity (Wildman–Crippen MR) is 330 cm³/mol. The molecule has 0 aliphatic carbocycles. The third kappa shape index (κ3) is 26.0. The van der Waals surface area contributed by atoms with E-state index >= 15 is 4.79 Å². The Morgan fingerprint density at radius 2 is 1.14 bits per heavy atom. The highest BCUT2D eigenvalue weighted by Gasteiger charge is 2.45. The Bertz CT molecular complexity index is 2740. The number of carbonyl (C=O) groups is 16. The molecule has 17 N–H and O–H groups in total. The van der Waals surface area contributed by atoms with Crippen LogP contribution in [0.25, 0.3) is 0 Å². The molecule has 33 heteroatoms. The van der Waals surface area contributed by atoms with E-state index in [0.717, 1.165) is 50.3 Å². The van der Waals surface area contributed by atoms with Gasteiger partial charge in [-0.1, -0.05) is 78.4 Å². The summed E-state index contributed by atoms with van der Waals surface area (Å²) in [6.45, 7) is 8.86. The molecule has 520 valence electrons. The van der Waals surface area contributed by atoms with Crippen LogP contribution >= 0.6 is 0 Å². The van der Waals surface area contributed by atoms with Gasteiger partial charge in [0.05, 0.1) is 44.3 Å². The van der Waals surface area contributed by atoms with Crippen molar-refractivity contribution < 1.29 is 92.0 Å². The number of allylic oxidation sites excluding steroid dienone is 1. The fourth-order valence-electron chi connectivity index (χ4n) is 10.7. The van der Waals surface area contributed by atoms with E-state index in [1.54, 1.807) is 19.9 Å². The molecule has 0 aromatic heterocycles. The lowest BCUT2D eigenvalue weighted by atomic mass is 9.96. The van der Waals surface area contributed by atoms with Crippen LogP contribution in [-0.4, -0.2) is 212 Å². The van der Waals surface area contributed by atoms with E-state index in [2.05, 4.69) is 56.4 Å². The van der Waals surface area contributed by atoms with Crippen molar-refractivity contribution in [3.8, 4) is 0 Å². The Labute approximate surface area is 539 Å². The third-order valence-corrected chi connectivity index (χ3v) is 16.4. The van der Waals surface area contributed by atoms with Crippen molar-refractivity contribution in [3.05, 3.63) is 12.2 Å². The Hall–Kier alpha value is -8.78. The van der Waals surface area contributed by atoms with Crippen LogP contribution in [0.2, 0.25) is 0 Å². The smallest absolute Gasteiger partial charge is 0.308 e. The minimum absolute atomic E-state index is 0.0284. The number of nitrogens with one attached hydrogen (secondary N) is 10. The second kappa shape index (κ2) is 38.9. The standard InChI is InChI=1S/C60H96N14O19/c1-8-32(4)20-15-13-11-9-10-12-14-16-23-42(76)66-36(26-41(62)75)53(85)72-50-35(7)65-54(86)40-22-19-25-74(40)58(90)47(31(2)3)70-57(89)49(34(6)61)69-44(78)30-64-51(83)37(27-45(79)80)67-43(77)29-63-52(84)38(28-46(81)82)68-56(88)48(33(5)60(92)93)71-55(87)39-21-17-18-24-73(39)59(50)91/h14,16,31-40,47-50H,8-13,15,17-30,61H2,1-7H3,(H2,62,75)(H,63,84)(H,64,83)(H,65,86)(H,66,76)(H,67,77)(H,68,88)(H,69,78)(H,70,89)(H,71,87)(H,72,85)(H,79,80)(H,81,82)(H,92,93). The monoisotopic (exact) mass is 1320 g/mol. The first-order valence-corrected chi connectivity index (χ1v) is 31.7. The number of rotatable bonds is 24. The normalized spacial score (nSPS) is 25.3. The summed E-state index contributed by atoms with van der Waals surface area (Å²) in [4.78, 5) is 219. The van der Waals surface area contributed by atoms with Crippen molar-refractivity contribution in [2.45, 2.75) is 224 Å². The van der Waals surface area contributed by atoms with Crippen LogP contribution in [0.5, 0.6) is 0 Å². The van der Waals surface area contributed by atoms with E-state index in [0.29, 0.717) is 12.3 Å². The lowest BCUT2D eigenvalue weighted by Crippen LogP contribution is -2.66. The van der Waals surface area contributed by atoms with Crippen molar-refractivity contribution >= 4 is 94.7 Å². The molecule has 0 bridgehead atoms. The van der Waals surface area contributed by atoms with Crippen molar-refractivity contribution in [2.75, 3.05) is 26.2 Å². The molecule has 93 heavy (non-hydrogen) atoms. The SMILES string of the molecule is CCC(C)CCCCCCCC=CCC(=O)NC(CC(N)=O)C(=O)NC1C(=O)N2CCCCC2C(=O)NC(C(C)C(=O)O)C(=O)NC(CC(=O)O)C(=O)NCC(=O)NC(CC(=O)O)C(=O)NCC(=O)NC(C(C)N)C(=O)NC(C(C)C)C(=O)N2CCCC2C(=O)NC1C. The molecular formula is C60H96N14O19. The van der Waals surface area contributed by atoms with E-state index in [1.165, 1.54) is 25.2 Å². The molecule has 3 aliphatic rings. The summed E-state index contributed by atoms with van der Waals surface area (Å²) >= 11 is 0. The Balaban J connectivity index is 2.14. The fraction of sp³-hybridized carbons (Fsp3) is 0.700. The molecule has 13 amide bonds. The summed E-state index contributed by atoms with van der Waals surface area (Å²) in [7, 11) is 0. The highest BCUT2D eigenvalue weighted by molar-refractivity contribution is 6.01. The average Bonchev–Trinajstić information content (AvgIpc) is 1.81. The minimum atomic E-state index is -2.13. The minimum Gasteiger partial charge on any atom is -0.481 e. The number of primary amides is 1. The van der Waals surface area contributed by atoms with E-state index in [1.807, 2.05) is 16.7 Å². The van der Waals surface area contributed by atoms with Gasteiger partial charge in [-0.15, -0.1) is 0 Å². The maximum absolute atomic E-state index is 15.3. The Morgan fingerprint density at radius 3 is 1.71 bits per heavy atom. The number of carbonyl (C=O) groups excluding carboxylic acids is 13. The van der Waals surface area contributed by atoms with Crippen LogP contribution in [0, 0.1) is 17.8 Å². The molecule has 3 fully saturated rings. The van der Waals surface area contributed by atoms with E-state index in [9.17, 15) is 87.2 Å². The van der Waals surface area contributed by atoms with Gasteiger partial charge in [0.15, 0.2) is 0 Å². The van der Waals surface area contributed by atoms with Gasteiger partial charge in [0.25, 0.3) is 0 Å². The number of piperidine rings is 1. The van der Waals surface area contributed by atoms with Crippen LogP contribution in [-0.2, 0) is 76.7 Å². The number of amides is 13. The number of nitrogens with two attached hydrogens (primary N) is 2. The zero-order valence-corrected chi connectivity index (χ0v) is 54.0. The lowest BCUT2D eigenvalue weighted by molar-refractivity contribution is -0.149. The highest BCUT2D eigenvalue weighted by Crippen LogP contribution is 2.24. The Morgan fingerprint density at radius 1 is 0.613 bits per heavy atom. The van der Waals surface area contributed by atoms with Gasteiger partial charge >= 0.3 is 17.9 Å². The molecular weight excluding hydrogens is 1220 g/mol. The Kier molecular flexibility index (Phi) is 32.8. The fourth-order valence-corrected chi connectivity index (χ4v) is 10.7. The number of nitrogens with zero attached hydrogens (tertiary/aromatic N) is 2. The summed E-state index contributed by atoms with van der Waals surface area (Å²) < 4.78 is 0. The number of fused-ring (bicyclic) bond motifs is 2. The van der Waals surface area contributed by atoms with Gasteiger partial charge in [-0.05, 0) is 77.6 Å². The van der Waals surface area contributed by atoms with E-state index in [-0.39, 0.29) is 51.6 Å². The summed E-state index contributed by atoms with van der Waals surface area (Å²) in [6, 6.07) is -18.3. The largest absolute Gasteiger partial charge is 0.481 e. The van der Waals surface area contributed by atoms with E-state index < -0.39 is 205 Å². The molecule has 3 saturated heterocycles. The van der Waals surface area contributed by atoms with Crippen LogP contribution in [0.1, 0.15) is 158 Å². The number of carboxylic acids is 3. The topological polar surface area (TPSA) is 513 Å². The number of hydrogen-bond donors (Lipinski definition) is 15. The molecule has 0 radical (unpaired) electrons. The predicted octanol–water partition coefficient (Wildman–Crippen LogP) is -3.23. The zero-order chi connectivity index (χ0) is 69.8. The molecule has 0 spiro atoms. The maximum Gasteiger partial charge on any atom is 0.308 e. The first-order chi connectivity index (χ1) is 43.8. The van der Waals surface area contributed by atoms with Gasteiger partial charge in [-0.25, -0.2) is 0 Å². The van der Waals surface area contributed by atoms with Crippen molar-refractivity contribution in [1.29, 1.82) is 0 Å². The molecule has 0 aromatic carbocycles. The molecule has 3 rings (SSSR count). The molecule has 33 nitrogen and oxygen atoms in total. The van der Waals surface area contributed by atoms with Gasteiger partial charge in [0.1, 0.15) is 54.4 Å². The molecule has 3 aliphatic heterocycles.